The van der Waals surface area contributed by atoms with Gasteiger partial charge in [0.25, 0.3) is 5.91 Å². The van der Waals surface area contributed by atoms with Gasteiger partial charge in [0.15, 0.2) is 0 Å². The molecule has 1 amide bonds. The van der Waals surface area contributed by atoms with E-state index < -0.39 is 0 Å². The van der Waals surface area contributed by atoms with Gasteiger partial charge in [-0.25, -0.2) is 4.98 Å². The first-order valence-corrected chi connectivity index (χ1v) is 7.83. The number of benzene rings is 1. The Balaban J connectivity index is 1.85. The summed E-state index contributed by atoms with van der Waals surface area (Å²) in [7, 11) is 1.82. The highest BCUT2D eigenvalue weighted by Gasteiger charge is 2.36. The quantitative estimate of drug-likeness (QED) is 0.930. The van der Waals surface area contributed by atoms with E-state index in [1.807, 2.05) is 14.0 Å². The Kier molecular flexibility index (Phi) is 4.10. The molecule has 1 heterocycles. The number of aryl methyl sites for hydroxylation is 1. The number of amides is 1. The molecule has 0 radical (unpaired) electrons. The zero-order chi connectivity index (χ0) is 15.9. The fourth-order valence-electron chi connectivity index (χ4n) is 2.41. The summed E-state index contributed by atoms with van der Waals surface area (Å²) in [5.41, 5.74) is 1.22. The number of carbonyl (C=O) groups is 1. The van der Waals surface area contributed by atoms with Crippen LogP contribution in [0.1, 0.15) is 40.6 Å². The minimum Gasteiger partial charge on any atom is -0.342 e. The van der Waals surface area contributed by atoms with Crippen molar-refractivity contribution < 1.29 is 4.79 Å². The maximum absolute atomic E-state index is 12.5. The molecule has 2 aromatic rings. The molecule has 1 saturated carbocycles. The first-order valence-electron chi connectivity index (χ1n) is 7.07. The third kappa shape index (κ3) is 2.96. The van der Waals surface area contributed by atoms with Crippen LogP contribution < -0.4 is 5.32 Å². The molecule has 1 fully saturated rings. The zero-order valence-electron chi connectivity index (χ0n) is 12.3. The fourth-order valence-corrected chi connectivity index (χ4v) is 2.90. The second-order valence-corrected chi connectivity index (χ2v) is 6.41. The Morgan fingerprint density at radius 2 is 2.00 bits per heavy atom. The molecule has 1 aromatic heterocycles. The topological polar surface area (TPSA) is 59.8 Å². The molecular formula is C15H16Cl2N4O. The third-order valence-corrected chi connectivity index (χ3v) is 4.73. The maximum Gasteiger partial charge on any atom is 0.251 e. The molecule has 0 unspecified atom stereocenters. The Labute approximate surface area is 138 Å². The van der Waals surface area contributed by atoms with Crippen molar-refractivity contribution in [2.24, 2.45) is 13.0 Å². The van der Waals surface area contributed by atoms with E-state index in [0.29, 0.717) is 21.5 Å². The molecule has 5 nitrogen and oxygen atoms in total. The van der Waals surface area contributed by atoms with Gasteiger partial charge in [0.2, 0.25) is 0 Å². The lowest BCUT2D eigenvalue weighted by Gasteiger charge is -2.18. The summed E-state index contributed by atoms with van der Waals surface area (Å²) in [6.07, 6.45) is 3.65. The van der Waals surface area contributed by atoms with Gasteiger partial charge >= 0.3 is 0 Å². The van der Waals surface area contributed by atoms with E-state index in [1.54, 1.807) is 16.8 Å². The average molecular weight is 339 g/mol. The minimum absolute atomic E-state index is 0.140. The second kappa shape index (κ2) is 5.89. The third-order valence-electron chi connectivity index (χ3n) is 3.95. The lowest BCUT2D eigenvalue weighted by molar-refractivity contribution is 0.0928. The van der Waals surface area contributed by atoms with Crippen molar-refractivity contribution in [2.45, 2.75) is 25.8 Å². The highest BCUT2D eigenvalue weighted by atomic mass is 35.5. The lowest BCUT2D eigenvalue weighted by atomic mass is 10.1. The van der Waals surface area contributed by atoms with Crippen molar-refractivity contribution in [3.63, 3.8) is 0 Å². The van der Waals surface area contributed by atoms with Crippen LogP contribution in [0.2, 0.25) is 10.0 Å². The molecule has 0 spiro atoms. The van der Waals surface area contributed by atoms with Crippen LogP contribution in [0.4, 0.5) is 0 Å². The van der Waals surface area contributed by atoms with Gasteiger partial charge in [-0.2, -0.15) is 5.10 Å². The highest BCUT2D eigenvalue weighted by Crippen LogP contribution is 2.40. The Morgan fingerprint density at radius 3 is 2.50 bits per heavy atom. The van der Waals surface area contributed by atoms with Crippen LogP contribution >= 0.6 is 23.2 Å². The summed E-state index contributed by atoms with van der Waals surface area (Å²) in [5, 5.41) is 8.08. The number of carbonyl (C=O) groups excluding carboxylic acids is 1. The van der Waals surface area contributed by atoms with E-state index in [-0.39, 0.29) is 11.9 Å². The number of hydrogen-bond acceptors (Lipinski definition) is 3. The number of nitrogens with zero attached hydrogens (tertiary/aromatic N) is 3. The van der Waals surface area contributed by atoms with Gasteiger partial charge in [0.1, 0.15) is 12.2 Å². The van der Waals surface area contributed by atoms with Gasteiger partial charge < -0.3 is 5.32 Å². The molecule has 22 heavy (non-hydrogen) atoms. The van der Waals surface area contributed by atoms with Crippen LogP contribution in [0.15, 0.2) is 18.5 Å². The van der Waals surface area contributed by atoms with Gasteiger partial charge in [0, 0.05) is 22.7 Å². The molecule has 0 saturated heterocycles. The molecule has 1 aliphatic rings. The Hall–Kier alpha value is -1.59. The van der Waals surface area contributed by atoms with E-state index in [4.69, 9.17) is 23.2 Å². The van der Waals surface area contributed by atoms with Crippen molar-refractivity contribution in [3.05, 3.63) is 45.5 Å². The predicted octanol–water partition coefficient (Wildman–Crippen LogP) is 3.31. The molecule has 3 rings (SSSR count). The predicted molar refractivity (Wildman–Crippen MR) is 85.1 cm³/mol. The molecule has 1 N–H and O–H groups in total. The van der Waals surface area contributed by atoms with Crippen molar-refractivity contribution >= 4 is 29.1 Å². The second-order valence-electron chi connectivity index (χ2n) is 5.60. The van der Waals surface area contributed by atoms with Crippen molar-refractivity contribution in [3.8, 4) is 0 Å². The summed E-state index contributed by atoms with van der Waals surface area (Å²) in [4.78, 5) is 16.8. The van der Waals surface area contributed by atoms with E-state index in [1.165, 1.54) is 6.33 Å². The van der Waals surface area contributed by atoms with Gasteiger partial charge in [-0.15, -0.1) is 0 Å². The summed E-state index contributed by atoms with van der Waals surface area (Å²) < 4.78 is 1.69. The van der Waals surface area contributed by atoms with Gasteiger partial charge in [-0.05, 0) is 43.4 Å². The molecule has 1 aromatic carbocycles. The maximum atomic E-state index is 12.5. The van der Waals surface area contributed by atoms with Crippen LogP contribution in [0, 0.1) is 12.8 Å². The number of aromatic nitrogens is 3. The standard InChI is InChI=1S/C15H16Cl2N4O/c1-8-11(16)5-10(6-12(8)17)15(22)20-13(9-3-4-9)14-18-7-19-21(14)2/h5-7,9,13H,3-4H2,1-2H3,(H,20,22)/t13-/m1/s1. The van der Waals surface area contributed by atoms with Gasteiger partial charge in [-0.1, -0.05) is 23.2 Å². The first-order chi connectivity index (χ1) is 10.5. The Morgan fingerprint density at radius 1 is 1.36 bits per heavy atom. The number of rotatable bonds is 4. The van der Waals surface area contributed by atoms with Crippen molar-refractivity contribution in [1.82, 2.24) is 20.1 Å². The van der Waals surface area contributed by atoms with Crippen LogP contribution in [0.25, 0.3) is 0 Å². The average Bonchev–Trinajstić information content (AvgIpc) is 3.23. The molecule has 0 bridgehead atoms. The van der Waals surface area contributed by atoms with Crippen molar-refractivity contribution in [2.75, 3.05) is 0 Å². The molecule has 1 atom stereocenters. The minimum atomic E-state index is -0.205. The van der Waals surface area contributed by atoms with E-state index >= 15 is 0 Å². The van der Waals surface area contributed by atoms with Gasteiger partial charge in [-0.3, -0.25) is 9.48 Å². The molecule has 116 valence electrons. The van der Waals surface area contributed by atoms with E-state index in [2.05, 4.69) is 15.4 Å². The van der Waals surface area contributed by atoms with Crippen LogP contribution in [-0.2, 0) is 7.05 Å². The number of halogens is 2. The number of nitrogens with one attached hydrogen (secondary N) is 1. The normalized spacial score (nSPS) is 15.6. The largest absolute Gasteiger partial charge is 0.342 e. The number of hydrogen-bond donors (Lipinski definition) is 1. The summed E-state index contributed by atoms with van der Waals surface area (Å²) in [6, 6.07) is 3.14. The SMILES string of the molecule is Cc1c(Cl)cc(C(=O)N[C@@H](c2ncnn2C)C2CC2)cc1Cl. The van der Waals surface area contributed by atoms with Crippen LogP contribution in [-0.4, -0.2) is 20.7 Å². The molecule has 1 aliphatic carbocycles. The van der Waals surface area contributed by atoms with Crippen LogP contribution in [0.3, 0.4) is 0 Å². The van der Waals surface area contributed by atoms with Gasteiger partial charge in [0.05, 0.1) is 6.04 Å². The highest BCUT2D eigenvalue weighted by molar-refractivity contribution is 6.36. The first kappa shape index (κ1) is 15.3. The zero-order valence-corrected chi connectivity index (χ0v) is 13.8. The van der Waals surface area contributed by atoms with E-state index in [0.717, 1.165) is 24.2 Å². The molecule has 0 aliphatic heterocycles. The molecule has 7 heteroatoms. The fraction of sp³-hybridized carbons (Fsp3) is 0.400. The summed E-state index contributed by atoms with van der Waals surface area (Å²) in [6.45, 7) is 1.82. The van der Waals surface area contributed by atoms with Crippen LogP contribution in [0.5, 0.6) is 0 Å². The molecular weight excluding hydrogens is 323 g/mol. The Bertz CT molecular complexity index is 701. The summed E-state index contributed by atoms with van der Waals surface area (Å²) >= 11 is 12.2. The monoisotopic (exact) mass is 338 g/mol. The summed E-state index contributed by atoms with van der Waals surface area (Å²) in [5.74, 6) is 0.965. The van der Waals surface area contributed by atoms with E-state index in [9.17, 15) is 4.79 Å². The smallest absolute Gasteiger partial charge is 0.251 e. The lowest BCUT2D eigenvalue weighted by Crippen LogP contribution is -2.31. The van der Waals surface area contributed by atoms with Crippen molar-refractivity contribution in [1.29, 1.82) is 0 Å².